The minimum atomic E-state index is -0.458. The van der Waals surface area contributed by atoms with E-state index in [1.807, 2.05) is 43.3 Å². The Bertz CT molecular complexity index is 286. The highest BCUT2D eigenvalue weighted by atomic mass is 16.5. The van der Waals surface area contributed by atoms with Crippen LogP contribution in [-0.2, 0) is 0 Å². The van der Waals surface area contributed by atoms with Crippen LogP contribution in [0, 0.1) is 0 Å². The fraction of sp³-hybridized carbons (Fsp3) is 0.455. The van der Waals surface area contributed by atoms with Gasteiger partial charge in [0.2, 0.25) is 0 Å². The van der Waals surface area contributed by atoms with E-state index in [4.69, 9.17) is 4.74 Å². The highest BCUT2D eigenvalue weighted by Gasteiger charge is 2.08. The number of hydrogen-bond acceptors (Lipinski definition) is 3. The Morgan fingerprint density at radius 2 is 2.14 bits per heavy atom. The highest BCUT2D eigenvalue weighted by Crippen LogP contribution is 2.19. The molecule has 0 saturated heterocycles. The molecular weight excluding hydrogens is 178 g/mol. The minimum Gasteiger partial charge on any atom is -0.497 e. The summed E-state index contributed by atoms with van der Waals surface area (Å²) >= 11 is 0. The van der Waals surface area contributed by atoms with Crippen LogP contribution in [-0.4, -0.2) is 37.8 Å². The van der Waals surface area contributed by atoms with Crippen molar-refractivity contribution >= 4 is 0 Å². The third-order valence-electron chi connectivity index (χ3n) is 2.02. The van der Waals surface area contributed by atoms with Gasteiger partial charge in [0.25, 0.3) is 0 Å². The number of benzene rings is 1. The monoisotopic (exact) mass is 195 g/mol. The van der Waals surface area contributed by atoms with Crippen molar-refractivity contribution < 1.29 is 9.84 Å². The Kier molecular flexibility index (Phi) is 3.92. The number of aliphatic hydroxyl groups is 1. The minimum absolute atomic E-state index is 0.458. The van der Waals surface area contributed by atoms with Gasteiger partial charge in [0, 0.05) is 6.54 Å². The normalized spacial score (nSPS) is 12.9. The molecule has 0 amide bonds. The quantitative estimate of drug-likeness (QED) is 0.785. The van der Waals surface area contributed by atoms with Gasteiger partial charge in [-0.25, -0.2) is 0 Å². The van der Waals surface area contributed by atoms with E-state index < -0.39 is 6.10 Å². The second-order valence-corrected chi connectivity index (χ2v) is 3.55. The lowest BCUT2D eigenvalue weighted by Gasteiger charge is -2.16. The first-order valence-electron chi connectivity index (χ1n) is 4.60. The molecule has 1 aromatic rings. The molecule has 0 fully saturated rings. The summed E-state index contributed by atoms with van der Waals surface area (Å²) in [4.78, 5) is 1.95. The van der Waals surface area contributed by atoms with Crippen LogP contribution in [0.1, 0.15) is 11.7 Å². The van der Waals surface area contributed by atoms with Gasteiger partial charge in [-0.1, -0.05) is 12.1 Å². The zero-order valence-corrected chi connectivity index (χ0v) is 8.90. The first-order chi connectivity index (χ1) is 6.63. The maximum atomic E-state index is 9.81. The van der Waals surface area contributed by atoms with E-state index in [-0.39, 0.29) is 0 Å². The third kappa shape index (κ3) is 3.01. The molecule has 0 aliphatic heterocycles. The van der Waals surface area contributed by atoms with E-state index in [0.717, 1.165) is 11.3 Å². The molecule has 3 heteroatoms. The molecule has 78 valence electrons. The second kappa shape index (κ2) is 4.98. The van der Waals surface area contributed by atoms with Gasteiger partial charge in [0.15, 0.2) is 0 Å². The lowest BCUT2D eigenvalue weighted by molar-refractivity contribution is 0.138. The van der Waals surface area contributed by atoms with Crippen LogP contribution in [0.3, 0.4) is 0 Å². The zero-order valence-electron chi connectivity index (χ0n) is 8.90. The Morgan fingerprint density at radius 3 is 2.71 bits per heavy atom. The molecule has 0 aliphatic rings. The molecule has 1 unspecified atom stereocenters. The molecule has 0 heterocycles. The first kappa shape index (κ1) is 11.0. The summed E-state index contributed by atoms with van der Waals surface area (Å²) in [6.45, 7) is 0.618. The Hall–Kier alpha value is -1.06. The van der Waals surface area contributed by atoms with Crippen LogP contribution in [0.2, 0.25) is 0 Å². The lowest BCUT2D eigenvalue weighted by atomic mass is 10.1. The van der Waals surface area contributed by atoms with Gasteiger partial charge in [0.05, 0.1) is 13.2 Å². The van der Waals surface area contributed by atoms with Crippen molar-refractivity contribution in [1.82, 2.24) is 4.90 Å². The summed E-state index contributed by atoms with van der Waals surface area (Å²) in [6, 6.07) is 7.50. The summed E-state index contributed by atoms with van der Waals surface area (Å²) in [6.07, 6.45) is -0.458. The van der Waals surface area contributed by atoms with Crippen LogP contribution in [0.15, 0.2) is 24.3 Å². The molecule has 14 heavy (non-hydrogen) atoms. The van der Waals surface area contributed by atoms with E-state index in [9.17, 15) is 5.11 Å². The van der Waals surface area contributed by atoms with E-state index >= 15 is 0 Å². The van der Waals surface area contributed by atoms with Gasteiger partial charge < -0.3 is 14.7 Å². The lowest BCUT2D eigenvalue weighted by Crippen LogP contribution is -2.19. The fourth-order valence-electron chi connectivity index (χ4n) is 1.30. The van der Waals surface area contributed by atoms with Crippen molar-refractivity contribution in [2.75, 3.05) is 27.7 Å². The molecule has 0 bridgehead atoms. The van der Waals surface area contributed by atoms with Crippen LogP contribution >= 0.6 is 0 Å². The number of aliphatic hydroxyl groups excluding tert-OH is 1. The number of hydrogen-bond donors (Lipinski definition) is 1. The van der Waals surface area contributed by atoms with Gasteiger partial charge in [-0.3, -0.25) is 0 Å². The molecule has 1 N–H and O–H groups in total. The summed E-state index contributed by atoms with van der Waals surface area (Å²) in [7, 11) is 5.49. The first-order valence-corrected chi connectivity index (χ1v) is 4.60. The average Bonchev–Trinajstić information content (AvgIpc) is 2.17. The van der Waals surface area contributed by atoms with E-state index in [1.54, 1.807) is 7.11 Å². The highest BCUT2D eigenvalue weighted by molar-refractivity contribution is 5.29. The average molecular weight is 195 g/mol. The second-order valence-electron chi connectivity index (χ2n) is 3.55. The number of nitrogens with zero attached hydrogens (tertiary/aromatic N) is 1. The number of likely N-dealkylation sites (N-methyl/N-ethyl adjacent to an activating group) is 1. The summed E-state index contributed by atoms with van der Waals surface area (Å²) in [5.74, 6) is 0.778. The molecule has 0 spiro atoms. The molecule has 0 aliphatic carbocycles. The van der Waals surface area contributed by atoms with Crippen molar-refractivity contribution in [3.05, 3.63) is 29.8 Å². The maximum Gasteiger partial charge on any atom is 0.119 e. The molecule has 1 aromatic carbocycles. The number of ether oxygens (including phenoxy) is 1. The largest absolute Gasteiger partial charge is 0.497 e. The molecule has 0 saturated carbocycles. The van der Waals surface area contributed by atoms with Crippen molar-refractivity contribution in [2.45, 2.75) is 6.10 Å². The summed E-state index contributed by atoms with van der Waals surface area (Å²) < 4.78 is 5.09. The molecule has 3 nitrogen and oxygen atoms in total. The molecule has 1 rings (SSSR count). The number of rotatable bonds is 4. The van der Waals surface area contributed by atoms with Crippen LogP contribution < -0.4 is 4.74 Å². The van der Waals surface area contributed by atoms with Crippen LogP contribution in [0.25, 0.3) is 0 Å². The SMILES string of the molecule is COc1cccc(C(O)CN(C)C)c1. The topological polar surface area (TPSA) is 32.7 Å². The zero-order chi connectivity index (χ0) is 10.6. The van der Waals surface area contributed by atoms with Gasteiger partial charge in [0.1, 0.15) is 5.75 Å². The van der Waals surface area contributed by atoms with E-state index in [0.29, 0.717) is 6.54 Å². The third-order valence-corrected chi connectivity index (χ3v) is 2.02. The Morgan fingerprint density at radius 1 is 1.43 bits per heavy atom. The summed E-state index contributed by atoms with van der Waals surface area (Å²) in [5.41, 5.74) is 0.887. The smallest absolute Gasteiger partial charge is 0.119 e. The standard InChI is InChI=1S/C11H17NO2/c1-12(2)8-11(13)9-5-4-6-10(7-9)14-3/h4-7,11,13H,8H2,1-3H3. The molecule has 0 radical (unpaired) electrons. The fourth-order valence-corrected chi connectivity index (χ4v) is 1.30. The van der Waals surface area contributed by atoms with Crippen molar-refractivity contribution in [1.29, 1.82) is 0 Å². The van der Waals surface area contributed by atoms with Crippen molar-refractivity contribution in [3.8, 4) is 5.75 Å². The molecule has 1 atom stereocenters. The molecular formula is C11H17NO2. The maximum absolute atomic E-state index is 9.81. The van der Waals surface area contributed by atoms with Crippen molar-refractivity contribution in [2.24, 2.45) is 0 Å². The van der Waals surface area contributed by atoms with Gasteiger partial charge in [-0.05, 0) is 31.8 Å². The van der Waals surface area contributed by atoms with Crippen molar-refractivity contribution in [3.63, 3.8) is 0 Å². The van der Waals surface area contributed by atoms with Crippen LogP contribution in [0.4, 0.5) is 0 Å². The summed E-state index contributed by atoms with van der Waals surface area (Å²) in [5, 5.41) is 9.81. The van der Waals surface area contributed by atoms with Crippen LogP contribution in [0.5, 0.6) is 5.75 Å². The van der Waals surface area contributed by atoms with E-state index in [1.165, 1.54) is 0 Å². The van der Waals surface area contributed by atoms with Gasteiger partial charge in [-0.2, -0.15) is 0 Å². The Labute approximate surface area is 84.9 Å². The van der Waals surface area contributed by atoms with Gasteiger partial charge in [-0.15, -0.1) is 0 Å². The number of methoxy groups -OCH3 is 1. The predicted molar refractivity (Wildman–Crippen MR) is 56.5 cm³/mol. The predicted octanol–water partition coefficient (Wildman–Crippen LogP) is 1.29. The van der Waals surface area contributed by atoms with E-state index in [2.05, 4.69) is 0 Å². The molecule has 0 aromatic heterocycles. The Balaban J connectivity index is 2.73. The van der Waals surface area contributed by atoms with Gasteiger partial charge >= 0.3 is 0 Å².